The van der Waals surface area contributed by atoms with Gasteiger partial charge in [-0.25, -0.2) is 9.97 Å². The zero-order valence-electron chi connectivity index (χ0n) is 17.7. The molecule has 0 spiro atoms. The minimum Gasteiger partial charge on any atom is -0.424 e. The molecule has 7 nitrogen and oxygen atoms in total. The van der Waals surface area contributed by atoms with Gasteiger partial charge in [0, 0.05) is 29.3 Å². The number of anilines is 1. The van der Waals surface area contributed by atoms with Crippen LogP contribution in [-0.4, -0.2) is 25.7 Å². The maximum atomic E-state index is 12.7. The number of aromatic nitrogens is 4. The van der Waals surface area contributed by atoms with E-state index in [1.165, 1.54) is 0 Å². The van der Waals surface area contributed by atoms with Crippen LogP contribution in [0.1, 0.15) is 32.9 Å². The molecule has 0 bridgehead atoms. The predicted octanol–water partition coefficient (Wildman–Crippen LogP) is 4.69. The number of benzene rings is 2. The van der Waals surface area contributed by atoms with E-state index in [4.69, 9.17) is 4.74 Å². The Labute approximate surface area is 180 Å². The van der Waals surface area contributed by atoms with Crippen molar-refractivity contribution in [2.45, 2.75) is 27.3 Å². The standard InChI is InChI=1S/C24H23N5O2/c1-16-13-21(31-24-25-11-4-12-26-24)9-10-22(16)27-23(30)20-7-5-19(6-8-20)15-29-18(3)14-17(2)28-29/h4-14H,15H2,1-3H3,(H,27,30). The number of amides is 1. The molecule has 2 aromatic heterocycles. The molecule has 0 saturated carbocycles. The van der Waals surface area contributed by atoms with E-state index in [1.807, 2.05) is 67.9 Å². The van der Waals surface area contributed by atoms with Crippen molar-refractivity contribution < 1.29 is 9.53 Å². The molecule has 4 rings (SSSR count). The molecule has 31 heavy (non-hydrogen) atoms. The zero-order chi connectivity index (χ0) is 21.8. The number of hydrogen-bond acceptors (Lipinski definition) is 5. The van der Waals surface area contributed by atoms with Crippen molar-refractivity contribution >= 4 is 11.6 Å². The van der Waals surface area contributed by atoms with Gasteiger partial charge in [-0.1, -0.05) is 12.1 Å². The number of carbonyl (C=O) groups excluding carboxylic acids is 1. The van der Waals surface area contributed by atoms with Crippen LogP contribution in [0.4, 0.5) is 5.69 Å². The molecule has 2 aromatic carbocycles. The Kier molecular flexibility index (Phi) is 5.75. The van der Waals surface area contributed by atoms with E-state index in [0.717, 1.165) is 28.2 Å². The Hall–Kier alpha value is -4.00. The van der Waals surface area contributed by atoms with Gasteiger partial charge < -0.3 is 10.1 Å². The van der Waals surface area contributed by atoms with Gasteiger partial charge in [-0.05, 0) is 74.4 Å². The van der Waals surface area contributed by atoms with Crippen molar-refractivity contribution in [2.24, 2.45) is 0 Å². The maximum absolute atomic E-state index is 12.7. The van der Waals surface area contributed by atoms with Gasteiger partial charge in [0.1, 0.15) is 5.75 Å². The molecule has 0 aliphatic heterocycles. The molecule has 0 saturated heterocycles. The van der Waals surface area contributed by atoms with Crippen LogP contribution in [0.2, 0.25) is 0 Å². The molecule has 7 heteroatoms. The largest absolute Gasteiger partial charge is 0.424 e. The normalized spacial score (nSPS) is 10.7. The molecule has 0 atom stereocenters. The minimum atomic E-state index is -0.166. The van der Waals surface area contributed by atoms with Crippen molar-refractivity contribution in [1.82, 2.24) is 19.7 Å². The van der Waals surface area contributed by atoms with Crippen LogP contribution < -0.4 is 10.1 Å². The number of aryl methyl sites for hydroxylation is 3. The SMILES string of the molecule is Cc1cc(C)n(Cc2ccc(C(=O)Nc3ccc(Oc4ncccn4)cc3C)cc2)n1. The molecule has 0 fully saturated rings. The first-order valence-corrected chi connectivity index (χ1v) is 9.95. The number of nitrogens with one attached hydrogen (secondary N) is 1. The van der Waals surface area contributed by atoms with Crippen molar-refractivity contribution in [1.29, 1.82) is 0 Å². The Morgan fingerprint density at radius 3 is 2.39 bits per heavy atom. The molecular weight excluding hydrogens is 390 g/mol. The number of rotatable bonds is 6. The number of hydrogen-bond donors (Lipinski definition) is 1. The smallest absolute Gasteiger partial charge is 0.321 e. The van der Waals surface area contributed by atoms with E-state index in [1.54, 1.807) is 24.5 Å². The number of carbonyl (C=O) groups is 1. The highest BCUT2D eigenvalue weighted by Gasteiger charge is 2.10. The average molecular weight is 413 g/mol. The fourth-order valence-electron chi connectivity index (χ4n) is 3.25. The lowest BCUT2D eigenvalue weighted by Crippen LogP contribution is -2.13. The van der Waals surface area contributed by atoms with E-state index in [-0.39, 0.29) is 11.9 Å². The summed E-state index contributed by atoms with van der Waals surface area (Å²) in [5.41, 5.74) is 5.39. The predicted molar refractivity (Wildman–Crippen MR) is 118 cm³/mol. The van der Waals surface area contributed by atoms with Crippen LogP contribution in [-0.2, 0) is 6.54 Å². The first kappa shape index (κ1) is 20.3. The molecule has 4 aromatic rings. The van der Waals surface area contributed by atoms with E-state index >= 15 is 0 Å². The monoisotopic (exact) mass is 413 g/mol. The third-order valence-corrected chi connectivity index (χ3v) is 4.85. The summed E-state index contributed by atoms with van der Waals surface area (Å²) in [7, 11) is 0. The summed E-state index contributed by atoms with van der Waals surface area (Å²) in [6.45, 7) is 6.60. The van der Waals surface area contributed by atoms with Crippen LogP contribution >= 0.6 is 0 Å². The highest BCUT2D eigenvalue weighted by molar-refractivity contribution is 6.04. The summed E-state index contributed by atoms with van der Waals surface area (Å²) in [5, 5.41) is 7.44. The van der Waals surface area contributed by atoms with E-state index < -0.39 is 0 Å². The summed E-state index contributed by atoms with van der Waals surface area (Å²) in [5.74, 6) is 0.441. The topological polar surface area (TPSA) is 81.9 Å². The Balaban J connectivity index is 1.41. The summed E-state index contributed by atoms with van der Waals surface area (Å²) >= 11 is 0. The van der Waals surface area contributed by atoms with Crippen molar-refractivity contribution in [2.75, 3.05) is 5.32 Å². The lowest BCUT2D eigenvalue weighted by molar-refractivity contribution is 0.102. The van der Waals surface area contributed by atoms with Gasteiger partial charge in [0.05, 0.1) is 12.2 Å². The summed E-state index contributed by atoms with van der Waals surface area (Å²) in [6.07, 6.45) is 3.23. The van der Waals surface area contributed by atoms with Gasteiger partial charge in [-0.3, -0.25) is 9.48 Å². The van der Waals surface area contributed by atoms with Crippen LogP contribution in [0.3, 0.4) is 0 Å². The van der Waals surface area contributed by atoms with E-state index in [2.05, 4.69) is 20.4 Å². The zero-order valence-corrected chi connectivity index (χ0v) is 17.7. The third-order valence-electron chi connectivity index (χ3n) is 4.85. The van der Waals surface area contributed by atoms with Crippen molar-refractivity contribution in [3.8, 4) is 11.8 Å². The van der Waals surface area contributed by atoms with Crippen LogP contribution in [0, 0.1) is 20.8 Å². The third kappa shape index (κ3) is 4.95. The quantitative estimate of drug-likeness (QED) is 0.496. The Bertz CT molecular complexity index is 1200. The number of ether oxygens (including phenoxy) is 1. The number of nitrogens with zero attached hydrogens (tertiary/aromatic N) is 4. The van der Waals surface area contributed by atoms with Crippen molar-refractivity contribution in [3.05, 3.63) is 95.1 Å². The van der Waals surface area contributed by atoms with E-state index in [9.17, 15) is 4.79 Å². The molecular formula is C24H23N5O2. The molecule has 1 N–H and O–H groups in total. The van der Waals surface area contributed by atoms with E-state index in [0.29, 0.717) is 17.9 Å². The lowest BCUT2D eigenvalue weighted by atomic mass is 10.1. The van der Waals surface area contributed by atoms with Gasteiger partial charge in [-0.2, -0.15) is 5.10 Å². The van der Waals surface area contributed by atoms with Crippen LogP contribution in [0.15, 0.2) is 67.0 Å². The van der Waals surface area contributed by atoms with Crippen LogP contribution in [0.5, 0.6) is 11.8 Å². The second kappa shape index (κ2) is 8.79. The van der Waals surface area contributed by atoms with Gasteiger partial charge in [-0.15, -0.1) is 0 Å². The highest BCUT2D eigenvalue weighted by Crippen LogP contribution is 2.24. The molecule has 156 valence electrons. The summed E-state index contributed by atoms with van der Waals surface area (Å²) in [6, 6.07) is 17.0. The molecule has 1 amide bonds. The molecule has 0 aliphatic carbocycles. The molecule has 2 heterocycles. The Morgan fingerprint density at radius 2 is 1.74 bits per heavy atom. The fraction of sp³-hybridized carbons (Fsp3) is 0.167. The molecule has 0 radical (unpaired) electrons. The minimum absolute atomic E-state index is 0.166. The lowest BCUT2D eigenvalue weighted by Gasteiger charge is -2.11. The second-order valence-corrected chi connectivity index (χ2v) is 7.35. The summed E-state index contributed by atoms with van der Waals surface area (Å²) in [4.78, 5) is 20.8. The molecule has 0 unspecified atom stereocenters. The van der Waals surface area contributed by atoms with Gasteiger partial charge in [0.2, 0.25) is 0 Å². The first-order valence-electron chi connectivity index (χ1n) is 9.95. The highest BCUT2D eigenvalue weighted by atomic mass is 16.5. The van der Waals surface area contributed by atoms with Crippen molar-refractivity contribution in [3.63, 3.8) is 0 Å². The average Bonchev–Trinajstić information content (AvgIpc) is 3.08. The van der Waals surface area contributed by atoms with Gasteiger partial charge in [0.15, 0.2) is 0 Å². The van der Waals surface area contributed by atoms with Gasteiger partial charge >= 0.3 is 6.01 Å². The Morgan fingerprint density at radius 1 is 1.00 bits per heavy atom. The summed E-state index contributed by atoms with van der Waals surface area (Å²) < 4.78 is 7.59. The van der Waals surface area contributed by atoms with Gasteiger partial charge in [0.25, 0.3) is 5.91 Å². The first-order chi connectivity index (χ1) is 15.0. The fourth-order valence-corrected chi connectivity index (χ4v) is 3.25. The molecule has 0 aliphatic rings. The maximum Gasteiger partial charge on any atom is 0.321 e. The second-order valence-electron chi connectivity index (χ2n) is 7.35. The van der Waals surface area contributed by atoms with Crippen LogP contribution in [0.25, 0.3) is 0 Å².